The minimum Gasteiger partial charge on any atom is -0.314 e. The summed E-state index contributed by atoms with van der Waals surface area (Å²) in [6.07, 6.45) is 9.74. The van der Waals surface area contributed by atoms with Crippen molar-refractivity contribution in [3.05, 3.63) is 0 Å². The molecular formula is C15H30N2. The fourth-order valence-electron chi connectivity index (χ4n) is 3.37. The first kappa shape index (κ1) is 13.4. The van der Waals surface area contributed by atoms with Crippen molar-refractivity contribution in [3.63, 3.8) is 0 Å². The van der Waals surface area contributed by atoms with Crippen molar-refractivity contribution in [1.29, 1.82) is 0 Å². The van der Waals surface area contributed by atoms with Gasteiger partial charge in [-0.2, -0.15) is 0 Å². The van der Waals surface area contributed by atoms with Crippen molar-refractivity contribution in [1.82, 2.24) is 10.2 Å². The largest absolute Gasteiger partial charge is 0.314 e. The van der Waals surface area contributed by atoms with E-state index in [1.807, 2.05) is 0 Å². The summed E-state index contributed by atoms with van der Waals surface area (Å²) < 4.78 is 0. The summed E-state index contributed by atoms with van der Waals surface area (Å²) in [5.41, 5.74) is 0.602. The fraction of sp³-hybridized carbons (Fsp3) is 1.00. The molecule has 1 aliphatic carbocycles. The molecule has 1 atom stereocenters. The summed E-state index contributed by atoms with van der Waals surface area (Å²) in [5, 5.41) is 3.60. The third-order valence-electron chi connectivity index (χ3n) is 4.92. The van der Waals surface area contributed by atoms with E-state index in [2.05, 4.69) is 31.1 Å². The summed E-state index contributed by atoms with van der Waals surface area (Å²) in [5.74, 6) is 0. The molecule has 100 valence electrons. The Morgan fingerprint density at radius 2 is 1.88 bits per heavy atom. The molecule has 2 rings (SSSR count). The molecular weight excluding hydrogens is 208 g/mol. The highest BCUT2D eigenvalue weighted by Crippen LogP contribution is 2.36. The van der Waals surface area contributed by atoms with Crippen molar-refractivity contribution in [2.75, 3.05) is 20.1 Å². The first-order valence-electron chi connectivity index (χ1n) is 7.50. The zero-order valence-corrected chi connectivity index (χ0v) is 12.0. The Bertz CT molecular complexity index is 221. The van der Waals surface area contributed by atoms with E-state index >= 15 is 0 Å². The van der Waals surface area contributed by atoms with Gasteiger partial charge in [-0.25, -0.2) is 0 Å². The molecule has 0 aromatic carbocycles. The van der Waals surface area contributed by atoms with E-state index in [-0.39, 0.29) is 0 Å². The highest BCUT2D eigenvalue weighted by atomic mass is 15.1. The van der Waals surface area contributed by atoms with E-state index in [1.54, 1.807) is 0 Å². The Balaban J connectivity index is 1.67. The predicted molar refractivity (Wildman–Crippen MR) is 74.3 cm³/mol. The monoisotopic (exact) mass is 238 g/mol. The maximum absolute atomic E-state index is 3.60. The number of nitrogens with one attached hydrogen (secondary N) is 1. The van der Waals surface area contributed by atoms with Gasteiger partial charge in [-0.1, -0.05) is 13.8 Å². The Kier molecular flexibility index (Phi) is 4.48. The average Bonchev–Trinajstić information content (AvgIpc) is 2.78. The molecule has 2 aliphatic rings. The first-order valence-corrected chi connectivity index (χ1v) is 7.50. The van der Waals surface area contributed by atoms with Gasteiger partial charge in [-0.05, 0) is 70.5 Å². The van der Waals surface area contributed by atoms with Crippen LogP contribution in [0.25, 0.3) is 0 Å². The van der Waals surface area contributed by atoms with Crippen molar-refractivity contribution in [2.45, 2.75) is 70.9 Å². The molecule has 1 saturated heterocycles. The van der Waals surface area contributed by atoms with E-state index < -0.39 is 0 Å². The summed E-state index contributed by atoms with van der Waals surface area (Å²) in [4.78, 5) is 2.62. The Labute approximate surface area is 107 Å². The molecule has 1 heterocycles. The fourth-order valence-corrected chi connectivity index (χ4v) is 3.37. The summed E-state index contributed by atoms with van der Waals surface area (Å²) in [6.45, 7) is 7.37. The molecule has 1 N–H and O–H groups in total. The number of hydrogen-bond acceptors (Lipinski definition) is 2. The molecule has 0 aromatic heterocycles. The van der Waals surface area contributed by atoms with Gasteiger partial charge in [-0.3, -0.25) is 0 Å². The van der Waals surface area contributed by atoms with Crippen LogP contribution >= 0.6 is 0 Å². The van der Waals surface area contributed by atoms with E-state index in [4.69, 9.17) is 0 Å². The second kappa shape index (κ2) is 5.71. The molecule has 0 aromatic rings. The second-order valence-electron chi connectivity index (χ2n) is 6.96. The zero-order chi connectivity index (χ0) is 12.3. The van der Waals surface area contributed by atoms with Crippen LogP contribution in [0.1, 0.15) is 58.8 Å². The minimum absolute atomic E-state index is 0.602. The maximum Gasteiger partial charge on any atom is 0.00926 e. The lowest BCUT2D eigenvalue weighted by Crippen LogP contribution is -2.39. The van der Waals surface area contributed by atoms with Crippen LogP contribution in [0.3, 0.4) is 0 Å². The molecule has 1 saturated carbocycles. The molecule has 1 aliphatic heterocycles. The standard InChI is InChI=1S/C15H30N2/c1-15(2)9-6-14(7-10-15)17(3)12-8-13-5-4-11-16-13/h13-14,16H,4-12H2,1-3H3. The maximum atomic E-state index is 3.60. The highest BCUT2D eigenvalue weighted by molar-refractivity contribution is 4.84. The molecule has 0 amide bonds. The van der Waals surface area contributed by atoms with Gasteiger partial charge in [0.05, 0.1) is 0 Å². The average molecular weight is 238 g/mol. The lowest BCUT2D eigenvalue weighted by atomic mass is 9.75. The molecule has 1 unspecified atom stereocenters. The Hall–Kier alpha value is -0.0800. The Morgan fingerprint density at radius 1 is 1.18 bits per heavy atom. The van der Waals surface area contributed by atoms with Crippen LogP contribution < -0.4 is 5.32 Å². The molecule has 0 bridgehead atoms. The van der Waals surface area contributed by atoms with Crippen molar-refractivity contribution in [3.8, 4) is 0 Å². The van der Waals surface area contributed by atoms with Gasteiger partial charge in [0.15, 0.2) is 0 Å². The van der Waals surface area contributed by atoms with Gasteiger partial charge >= 0.3 is 0 Å². The highest BCUT2D eigenvalue weighted by Gasteiger charge is 2.28. The quantitative estimate of drug-likeness (QED) is 0.810. The van der Waals surface area contributed by atoms with Crippen LogP contribution in [-0.4, -0.2) is 37.1 Å². The van der Waals surface area contributed by atoms with Gasteiger partial charge in [-0.15, -0.1) is 0 Å². The molecule has 0 spiro atoms. The van der Waals surface area contributed by atoms with E-state index in [9.17, 15) is 0 Å². The summed E-state index contributed by atoms with van der Waals surface area (Å²) >= 11 is 0. The number of rotatable bonds is 4. The molecule has 2 nitrogen and oxygen atoms in total. The van der Waals surface area contributed by atoms with Crippen LogP contribution in [0.4, 0.5) is 0 Å². The summed E-state index contributed by atoms with van der Waals surface area (Å²) in [7, 11) is 2.33. The Morgan fingerprint density at radius 3 is 2.47 bits per heavy atom. The molecule has 0 radical (unpaired) electrons. The van der Waals surface area contributed by atoms with Crippen LogP contribution in [0.15, 0.2) is 0 Å². The van der Waals surface area contributed by atoms with Crippen molar-refractivity contribution < 1.29 is 0 Å². The van der Waals surface area contributed by atoms with Gasteiger partial charge in [0.25, 0.3) is 0 Å². The SMILES string of the molecule is CN(CCC1CCCN1)C1CCC(C)(C)CC1. The van der Waals surface area contributed by atoms with Crippen molar-refractivity contribution >= 4 is 0 Å². The molecule has 17 heavy (non-hydrogen) atoms. The van der Waals surface area contributed by atoms with Gasteiger partial charge in [0.1, 0.15) is 0 Å². The molecule has 2 heteroatoms. The van der Waals surface area contributed by atoms with Crippen LogP contribution in [0.2, 0.25) is 0 Å². The molecule has 2 fully saturated rings. The summed E-state index contributed by atoms with van der Waals surface area (Å²) in [6, 6.07) is 1.65. The lowest BCUT2D eigenvalue weighted by Gasteiger charge is -2.39. The second-order valence-corrected chi connectivity index (χ2v) is 6.96. The van der Waals surface area contributed by atoms with E-state index in [1.165, 1.54) is 58.0 Å². The predicted octanol–water partition coefficient (Wildman–Crippen LogP) is 3.03. The van der Waals surface area contributed by atoms with Crippen molar-refractivity contribution in [2.24, 2.45) is 5.41 Å². The topological polar surface area (TPSA) is 15.3 Å². The van der Waals surface area contributed by atoms with Gasteiger partial charge in [0, 0.05) is 12.1 Å². The van der Waals surface area contributed by atoms with Crippen LogP contribution in [0, 0.1) is 5.41 Å². The zero-order valence-electron chi connectivity index (χ0n) is 12.0. The minimum atomic E-state index is 0.602. The van der Waals surface area contributed by atoms with E-state index in [0.717, 1.165) is 12.1 Å². The number of hydrogen-bond donors (Lipinski definition) is 1. The van der Waals surface area contributed by atoms with Gasteiger partial charge < -0.3 is 10.2 Å². The normalized spacial score (nSPS) is 30.0. The third kappa shape index (κ3) is 3.96. The lowest BCUT2D eigenvalue weighted by molar-refractivity contribution is 0.124. The first-order chi connectivity index (χ1) is 8.07. The van der Waals surface area contributed by atoms with Gasteiger partial charge in [0.2, 0.25) is 0 Å². The smallest absolute Gasteiger partial charge is 0.00926 e. The van der Waals surface area contributed by atoms with Crippen LogP contribution in [0.5, 0.6) is 0 Å². The third-order valence-corrected chi connectivity index (χ3v) is 4.92. The van der Waals surface area contributed by atoms with E-state index in [0.29, 0.717) is 5.41 Å². The van der Waals surface area contributed by atoms with Crippen LogP contribution in [-0.2, 0) is 0 Å². The number of nitrogens with zero attached hydrogens (tertiary/aromatic N) is 1.